The molecule has 116 valence electrons. The molecule has 0 aliphatic heterocycles. The molecular weight excluding hydrogens is 268 g/mol. The van der Waals surface area contributed by atoms with Crippen LogP contribution in [0.15, 0.2) is 48.5 Å². The number of nitrogens with two attached hydrogens (primary N) is 1. The fourth-order valence-electron chi connectivity index (χ4n) is 3.47. The van der Waals surface area contributed by atoms with Crippen LogP contribution in [0.2, 0.25) is 0 Å². The normalized spacial score (nSPS) is 18.7. The van der Waals surface area contributed by atoms with Crippen molar-refractivity contribution in [3.8, 4) is 0 Å². The first-order chi connectivity index (χ1) is 10.7. The lowest BCUT2D eigenvalue weighted by molar-refractivity contribution is 0.383. The molecule has 0 aromatic heterocycles. The lowest BCUT2D eigenvalue weighted by Gasteiger charge is -2.30. The summed E-state index contributed by atoms with van der Waals surface area (Å²) in [6.07, 6.45) is 5.76. The summed E-state index contributed by atoms with van der Waals surface area (Å²) < 4.78 is 0. The van der Waals surface area contributed by atoms with Gasteiger partial charge in [-0.2, -0.15) is 0 Å². The van der Waals surface area contributed by atoms with Crippen LogP contribution in [0.3, 0.4) is 0 Å². The molecule has 0 amide bonds. The Labute approximate surface area is 133 Å². The van der Waals surface area contributed by atoms with Crippen molar-refractivity contribution in [1.82, 2.24) is 5.32 Å². The van der Waals surface area contributed by atoms with E-state index in [9.17, 15) is 0 Å². The van der Waals surface area contributed by atoms with Crippen LogP contribution in [0.5, 0.6) is 0 Å². The highest BCUT2D eigenvalue weighted by Crippen LogP contribution is 2.24. The average Bonchev–Trinajstić information content (AvgIpc) is 2.55. The first-order valence-electron chi connectivity index (χ1n) is 8.42. The number of nitrogens with one attached hydrogen (secondary N) is 1. The number of benzene rings is 2. The van der Waals surface area contributed by atoms with Gasteiger partial charge in [-0.05, 0) is 60.9 Å². The highest BCUT2D eigenvalue weighted by Gasteiger charge is 2.21. The number of hydrogen-bond acceptors (Lipinski definition) is 2. The van der Waals surface area contributed by atoms with Crippen LogP contribution in [0.1, 0.15) is 36.5 Å². The van der Waals surface area contributed by atoms with E-state index in [-0.39, 0.29) is 0 Å². The molecule has 0 radical (unpaired) electrons. The molecular formula is C20H26N2. The van der Waals surface area contributed by atoms with Gasteiger partial charge in [0.25, 0.3) is 0 Å². The van der Waals surface area contributed by atoms with Gasteiger partial charge in [-0.3, -0.25) is 0 Å². The van der Waals surface area contributed by atoms with Crippen molar-refractivity contribution in [2.75, 3.05) is 5.73 Å². The maximum absolute atomic E-state index is 5.94. The number of rotatable bonds is 5. The van der Waals surface area contributed by atoms with Crippen LogP contribution in [0.4, 0.5) is 5.69 Å². The van der Waals surface area contributed by atoms with Gasteiger partial charge in [0.2, 0.25) is 0 Å². The first-order valence-corrected chi connectivity index (χ1v) is 8.42. The molecule has 2 atom stereocenters. The first kappa shape index (κ1) is 15.1. The summed E-state index contributed by atoms with van der Waals surface area (Å²) in [6, 6.07) is 18.3. The standard InChI is InChI=1S/C20H26N2/c1-2-19(12-15-6-4-3-5-7-15)22-20-11-9-16-8-10-18(21)13-17(16)14-20/h3-8,10,13,19-20,22H,2,9,11-12,14,21H2,1H3. The molecule has 0 fully saturated rings. The molecule has 2 nitrogen and oxygen atoms in total. The summed E-state index contributed by atoms with van der Waals surface area (Å²) in [4.78, 5) is 0. The minimum absolute atomic E-state index is 0.551. The molecule has 2 unspecified atom stereocenters. The second-order valence-electron chi connectivity index (χ2n) is 6.43. The van der Waals surface area contributed by atoms with Gasteiger partial charge in [-0.15, -0.1) is 0 Å². The summed E-state index contributed by atoms with van der Waals surface area (Å²) in [7, 11) is 0. The molecule has 3 rings (SSSR count). The van der Waals surface area contributed by atoms with Crippen molar-refractivity contribution in [1.29, 1.82) is 0 Å². The van der Waals surface area contributed by atoms with Gasteiger partial charge in [0.05, 0.1) is 0 Å². The number of fused-ring (bicyclic) bond motifs is 1. The Morgan fingerprint density at radius 1 is 1.14 bits per heavy atom. The maximum Gasteiger partial charge on any atom is 0.0316 e. The van der Waals surface area contributed by atoms with Gasteiger partial charge in [0.15, 0.2) is 0 Å². The second-order valence-corrected chi connectivity index (χ2v) is 6.43. The summed E-state index contributed by atoms with van der Waals surface area (Å²) >= 11 is 0. The highest BCUT2D eigenvalue weighted by molar-refractivity contribution is 5.46. The third-order valence-corrected chi connectivity index (χ3v) is 4.75. The Morgan fingerprint density at radius 2 is 1.95 bits per heavy atom. The average molecular weight is 294 g/mol. The van der Waals surface area contributed by atoms with E-state index in [0.29, 0.717) is 12.1 Å². The number of aryl methyl sites for hydroxylation is 1. The van der Waals surface area contributed by atoms with Gasteiger partial charge in [-0.1, -0.05) is 43.3 Å². The van der Waals surface area contributed by atoms with E-state index in [1.165, 1.54) is 23.1 Å². The Bertz CT molecular complexity index is 606. The van der Waals surface area contributed by atoms with E-state index in [2.05, 4.69) is 54.7 Å². The Morgan fingerprint density at radius 3 is 2.73 bits per heavy atom. The smallest absolute Gasteiger partial charge is 0.0316 e. The molecule has 3 N–H and O–H groups in total. The Balaban J connectivity index is 1.62. The lowest BCUT2D eigenvalue weighted by Crippen LogP contribution is -2.42. The van der Waals surface area contributed by atoms with Gasteiger partial charge < -0.3 is 11.1 Å². The van der Waals surface area contributed by atoms with Crippen molar-refractivity contribution in [3.63, 3.8) is 0 Å². The topological polar surface area (TPSA) is 38.0 Å². The van der Waals surface area contributed by atoms with E-state index in [0.717, 1.165) is 31.4 Å². The van der Waals surface area contributed by atoms with Crippen LogP contribution >= 0.6 is 0 Å². The van der Waals surface area contributed by atoms with Crippen LogP contribution in [0, 0.1) is 0 Å². The predicted molar refractivity (Wildman–Crippen MR) is 94.0 cm³/mol. The number of anilines is 1. The SMILES string of the molecule is CCC(Cc1ccccc1)NC1CCc2ccc(N)cc2C1. The molecule has 2 aromatic carbocycles. The van der Waals surface area contributed by atoms with Gasteiger partial charge >= 0.3 is 0 Å². The minimum atomic E-state index is 0.551. The van der Waals surface area contributed by atoms with Crippen molar-refractivity contribution < 1.29 is 0 Å². The molecule has 1 aliphatic carbocycles. The molecule has 0 saturated heterocycles. The molecule has 0 saturated carbocycles. The quantitative estimate of drug-likeness (QED) is 0.825. The van der Waals surface area contributed by atoms with Gasteiger partial charge in [0.1, 0.15) is 0 Å². The molecule has 0 bridgehead atoms. The summed E-state index contributed by atoms with van der Waals surface area (Å²) in [5, 5.41) is 3.87. The fraction of sp³-hybridized carbons (Fsp3) is 0.400. The lowest BCUT2D eigenvalue weighted by atomic mass is 9.87. The van der Waals surface area contributed by atoms with Gasteiger partial charge in [-0.25, -0.2) is 0 Å². The zero-order valence-corrected chi connectivity index (χ0v) is 13.4. The molecule has 22 heavy (non-hydrogen) atoms. The molecule has 2 aromatic rings. The third-order valence-electron chi connectivity index (χ3n) is 4.75. The zero-order chi connectivity index (χ0) is 15.4. The van der Waals surface area contributed by atoms with E-state index >= 15 is 0 Å². The third kappa shape index (κ3) is 3.69. The maximum atomic E-state index is 5.94. The monoisotopic (exact) mass is 294 g/mol. The molecule has 0 spiro atoms. The van der Waals surface area contributed by atoms with E-state index < -0.39 is 0 Å². The zero-order valence-electron chi connectivity index (χ0n) is 13.4. The Kier molecular flexibility index (Phi) is 4.79. The molecule has 2 heteroatoms. The van der Waals surface area contributed by atoms with Gasteiger partial charge in [0, 0.05) is 17.8 Å². The molecule has 0 heterocycles. The van der Waals surface area contributed by atoms with Crippen LogP contribution < -0.4 is 11.1 Å². The van der Waals surface area contributed by atoms with E-state index in [4.69, 9.17) is 5.73 Å². The van der Waals surface area contributed by atoms with Crippen molar-refractivity contribution in [2.45, 2.75) is 51.1 Å². The summed E-state index contributed by atoms with van der Waals surface area (Å²) in [6.45, 7) is 2.27. The number of nitrogen functional groups attached to an aromatic ring is 1. The van der Waals surface area contributed by atoms with E-state index in [1.807, 2.05) is 6.07 Å². The summed E-state index contributed by atoms with van der Waals surface area (Å²) in [5.41, 5.74) is 11.1. The van der Waals surface area contributed by atoms with Crippen molar-refractivity contribution in [2.24, 2.45) is 0 Å². The highest BCUT2D eigenvalue weighted by atomic mass is 14.9. The van der Waals surface area contributed by atoms with Crippen LogP contribution in [-0.4, -0.2) is 12.1 Å². The number of hydrogen-bond donors (Lipinski definition) is 2. The van der Waals surface area contributed by atoms with E-state index in [1.54, 1.807) is 0 Å². The van der Waals surface area contributed by atoms with Crippen LogP contribution in [-0.2, 0) is 19.3 Å². The van der Waals surface area contributed by atoms with Crippen LogP contribution in [0.25, 0.3) is 0 Å². The predicted octanol–water partition coefficient (Wildman–Crippen LogP) is 3.74. The summed E-state index contributed by atoms with van der Waals surface area (Å²) in [5.74, 6) is 0. The Hall–Kier alpha value is -1.80. The largest absolute Gasteiger partial charge is 0.399 e. The second kappa shape index (κ2) is 6.97. The van der Waals surface area contributed by atoms with Crippen molar-refractivity contribution >= 4 is 5.69 Å². The molecule has 1 aliphatic rings. The fourth-order valence-corrected chi connectivity index (χ4v) is 3.47. The minimum Gasteiger partial charge on any atom is -0.399 e. The van der Waals surface area contributed by atoms with Crippen molar-refractivity contribution in [3.05, 3.63) is 65.2 Å².